The Morgan fingerprint density at radius 3 is 2.25 bits per heavy atom. The summed E-state index contributed by atoms with van der Waals surface area (Å²) in [5.41, 5.74) is 8.26. The number of esters is 1. The molecule has 2 amide bonds. The molecule has 0 radical (unpaired) electrons. The Labute approximate surface area is 427 Å². The first-order chi connectivity index (χ1) is 34.2. The lowest BCUT2D eigenvalue weighted by Crippen LogP contribution is -2.61. The number of ether oxygens (including phenoxy) is 7. The third-order valence-corrected chi connectivity index (χ3v) is 15.3. The van der Waals surface area contributed by atoms with Crippen LogP contribution in [0.15, 0.2) is 47.6 Å². The summed E-state index contributed by atoms with van der Waals surface area (Å²) in [7, 11) is 6.16. The second kappa shape index (κ2) is 29.3. The smallest absolute Gasteiger partial charge is 0.407 e. The number of carbonyl (C=O) groups excluding carboxylic acids is 5. The first-order valence-electron chi connectivity index (χ1n) is 26.0. The average Bonchev–Trinajstić information content (AvgIpc) is 3.36. The average molecular weight is 1020 g/mol. The summed E-state index contributed by atoms with van der Waals surface area (Å²) < 4.78 is 40.9. The summed E-state index contributed by atoms with van der Waals surface area (Å²) in [5.74, 6) is -7.71. The molecule has 72 heavy (non-hydrogen) atoms. The van der Waals surface area contributed by atoms with Gasteiger partial charge in [-0.05, 0) is 101 Å². The van der Waals surface area contributed by atoms with Gasteiger partial charge in [-0.3, -0.25) is 14.4 Å². The van der Waals surface area contributed by atoms with Crippen LogP contribution in [0.5, 0.6) is 0 Å². The number of piperidine rings is 1. The number of aliphatic hydroxyl groups is 3. The maximum Gasteiger partial charge on any atom is 0.407 e. The minimum atomic E-state index is -2.45. The second-order valence-electron chi connectivity index (χ2n) is 20.8. The highest BCUT2D eigenvalue weighted by molar-refractivity contribution is 6.39. The first kappa shape index (κ1) is 60.7. The lowest BCUT2D eigenvalue weighted by molar-refractivity contribution is -0.265. The van der Waals surface area contributed by atoms with Gasteiger partial charge < -0.3 is 64.4 Å². The molecule has 4 rings (SSSR count). The number of rotatable bonds is 10. The van der Waals surface area contributed by atoms with Gasteiger partial charge in [0.05, 0.1) is 31.0 Å². The topological polar surface area (TPSA) is 252 Å². The lowest BCUT2D eigenvalue weighted by atomic mass is 9.80. The predicted molar refractivity (Wildman–Crippen MR) is 269 cm³/mol. The van der Waals surface area contributed by atoms with E-state index < -0.39 is 114 Å². The van der Waals surface area contributed by atoms with Crippen molar-refractivity contribution in [3.05, 3.63) is 47.6 Å². The van der Waals surface area contributed by atoms with Crippen LogP contribution in [0.2, 0.25) is 0 Å². The van der Waals surface area contributed by atoms with E-state index in [-0.39, 0.29) is 37.8 Å². The zero-order valence-corrected chi connectivity index (χ0v) is 44.5. The molecule has 3 fully saturated rings. The first-order valence-corrected chi connectivity index (χ1v) is 26.0. The van der Waals surface area contributed by atoms with Crippen LogP contribution < -0.4 is 11.1 Å². The SMILES string of the molecule is COCCNC(=O)O[C@@H]1CC[C@@H](C[C@@H](N)[C@@H]2C[C@@H](OC)[C@H](C)/C=C(\C)[C@@H](O)[C@@H](O)C(=O)[C@H](C)C[C@H](C)/C=C/C=C/C=C(\C)[C@@H](OC)C[C@@H]3CC[C@@H](C)[C@@](O)(O3)C(=O)C(=O)N3CCCC[C@H]3C(=O)O2)C[C@H]1OC. The number of methoxy groups -OCH3 is 4. The Kier molecular flexibility index (Phi) is 24.7. The fourth-order valence-electron chi connectivity index (χ4n) is 10.7. The van der Waals surface area contributed by atoms with E-state index in [4.69, 9.17) is 38.9 Å². The number of alkyl carbamates (subject to hydrolysis) is 1. The number of hydrogen-bond acceptors (Lipinski definition) is 16. The summed E-state index contributed by atoms with van der Waals surface area (Å²) in [4.78, 5) is 70.5. The van der Waals surface area contributed by atoms with Crippen LogP contribution in [0.1, 0.15) is 119 Å². The van der Waals surface area contributed by atoms with Gasteiger partial charge >= 0.3 is 12.1 Å². The van der Waals surface area contributed by atoms with Gasteiger partial charge in [-0.2, -0.15) is 0 Å². The molecule has 6 N–H and O–H groups in total. The van der Waals surface area contributed by atoms with Gasteiger partial charge in [0.1, 0.15) is 30.5 Å². The van der Waals surface area contributed by atoms with E-state index in [1.807, 2.05) is 51.2 Å². The number of Topliss-reactive ketones (excluding diaryl/α,β-unsaturated/α-hetero) is 2. The van der Waals surface area contributed by atoms with Crippen LogP contribution in [0.4, 0.5) is 4.79 Å². The molecule has 0 spiro atoms. The number of hydrogen-bond donors (Lipinski definition) is 5. The molecule has 18 heteroatoms. The van der Waals surface area contributed by atoms with Crippen molar-refractivity contribution in [1.29, 1.82) is 0 Å². The Bertz CT molecular complexity index is 1910. The number of ketones is 2. The Morgan fingerprint density at radius 2 is 1.57 bits per heavy atom. The molecular weight excluding hydrogens is 931 g/mol. The fourth-order valence-corrected chi connectivity index (χ4v) is 10.7. The minimum Gasteiger partial charge on any atom is -0.459 e. The molecule has 2 bridgehead atoms. The Hall–Kier alpha value is -3.85. The van der Waals surface area contributed by atoms with E-state index in [0.717, 1.165) is 5.57 Å². The number of amides is 2. The molecule has 1 saturated carbocycles. The molecule has 3 heterocycles. The van der Waals surface area contributed by atoms with E-state index in [0.29, 0.717) is 76.4 Å². The molecule has 16 atom stereocenters. The summed E-state index contributed by atoms with van der Waals surface area (Å²) in [6.45, 7) is 11.4. The van der Waals surface area contributed by atoms with Crippen molar-refractivity contribution in [1.82, 2.24) is 10.2 Å². The highest BCUT2D eigenvalue weighted by Gasteiger charge is 2.53. The highest BCUT2D eigenvalue weighted by atomic mass is 16.6. The molecule has 1 aliphatic carbocycles. The third-order valence-electron chi connectivity index (χ3n) is 15.3. The maximum atomic E-state index is 14.6. The quantitative estimate of drug-likeness (QED) is 0.0832. The Morgan fingerprint density at radius 1 is 0.847 bits per heavy atom. The van der Waals surface area contributed by atoms with Crippen molar-refractivity contribution in [2.24, 2.45) is 35.3 Å². The molecule has 408 valence electrons. The van der Waals surface area contributed by atoms with Gasteiger partial charge in [0.25, 0.3) is 11.7 Å². The number of fused-ring (bicyclic) bond motifs is 3. The van der Waals surface area contributed by atoms with Crippen molar-refractivity contribution in [2.75, 3.05) is 48.1 Å². The summed E-state index contributed by atoms with van der Waals surface area (Å²) in [6.07, 6.45) is 8.71. The fraction of sp³-hybridized carbons (Fsp3) is 0.759. The zero-order chi connectivity index (χ0) is 53.3. The number of carbonyl (C=O) groups is 5. The molecule has 18 nitrogen and oxygen atoms in total. The van der Waals surface area contributed by atoms with Crippen molar-refractivity contribution >= 4 is 29.5 Å². The van der Waals surface area contributed by atoms with E-state index in [1.165, 1.54) is 19.1 Å². The van der Waals surface area contributed by atoms with E-state index in [2.05, 4.69) is 5.32 Å². The van der Waals surface area contributed by atoms with Crippen molar-refractivity contribution in [2.45, 2.75) is 185 Å². The zero-order valence-electron chi connectivity index (χ0n) is 44.5. The molecule has 0 aromatic carbocycles. The third kappa shape index (κ3) is 16.8. The molecule has 4 aliphatic rings. The van der Waals surface area contributed by atoms with Gasteiger partial charge in [0.15, 0.2) is 5.78 Å². The van der Waals surface area contributed by atoms with Crippen molar-refractivity contribution in [3.63, 3.8) is 0 Å². The number of cyclic esters (lactones) is 1. The predicted octanol–water partition coefficient (Wildman–Crippen LogP) is 5.04. The Balaban J connectivity index is 1.68. The summed E-state index contributed by atoms with van der Waals surface area (Å²) >= 11 is 0. The number of nitrogens with two attached hydrogens (primary N) is 1. The number of nitrogens with one attached hydrogen (secondary N) is 1. The largest absolute Gasteiger partial charge is 0.459 e. The van der Waals surface area contributed by atoms with Crippen LogP contribution in [0.3, 0.4) is 0 Å². The van der Waals surface area contributed by atoms with Gasteiger partial charge in [-0.1, -0.05) is 64.2 Å². The highest BCUT2D eigenvalue weighted by Crippen LogP contribution is 2.37. The van der Waals surface area contributed by atoms with Crippen LogP contribution in [0, 0.1) is 29.6 Å². The van der Waals surface area contributed by atoms with Gasteiger partial charge in [0.2, 0.25) is 5.79 Å². The number of aliphatic hydroxyl groups excluding tert-OH is 2. The minimum absolute atomic E-state index is 0.0332. The second-order valence-corrected chi connectivity index (χ2v) is 20.8. The van der Waals surface area contributed by atoms with Crippen LogP contribution in [0.25, 0.3) is 0 Å². The van der Waals surface area contributed by atoms with Crippen molar-refractivity contribution in [3.8, 4) is 0 Å². The maximum absolute atomic E-state index is 14.6. The normalized spacial score (nSPS) is 38.5. The van der Waals surface area contributed by atoms with Crippen LogP contribution in [-0.4, -0.2) is 165 Å². The molecule has 0 unspecified atom stereocenters. The number of allylic oxidation sites excluding steroid dienone is 5. The molecule has 3 aliphatic heterocycles. The van der Waals surface area contributed by atoms with Gasteiger partial charge in [-0.15, -0.1) is 0 Å². The van der Waals surface area contributed by atoms with E-state index >= 15 is 0 Å². The van der Waals surface area contributed by atoms with E-state index in [1.54, 1.807) is 41.1 Å². The van der Waals surface area contributed by atoms with E-state index in [9.17, 15) is 39.3 Å². The molecule has 2 saturated heterocycles. The molecule has 0 aromatic heterocycles. The van der Waals surface area contributed by atoms with Gasteiger partial charge in [0, 0.05) is 78.2 Å². The summed E-state index contributed by atoms with van der Waals surface area (Å²) in [5, 5.41) is 37.2. The summed E-state index contributed by atoms with van der Waals surface area (Å²) in [6, 6.07) is -1.95. The van der Waals surface area contributed by atoms with Crippen LogP contribution >= 0.6 is 0 Å². The molecule has 0 aromatic rings. The lowest BCUT2D eigenvalue weighted by Gasteiger charge is -2.43. The monoisotopic (exact) mass is 1020 g/mol. The standard InChI is InChI=1S/C54H87N3O15/c1-32-16-12-11-13-17-33(2)43(67-8)30-39-21-19-37(6)54(65,72-39)50(61)51(62)57-24-15-14-18-41(57)52(63)70-45(31-44(68-9)34(3)27-36(5)48(59)49(60)47(58)35(4)26-32)40(55)28-38-20-22-42(46(29-38)69-10)71-53(64)56-23-25-66-7/h11-13,16-17,27,32,34-35,37-46,48-49,59-60,65H,14-15,18-26,28-31,55H2,1-10H3,(H,56,64)/b13-11+,16-12+,33-17+,36-27+/t32-,34-,35-,37-,38+,39+,40-,41+,42-,43+,44-,45+,46-,48-,49+,54-/m1/s1. The van der Waals surface area contributed by atoms with Crippen molar-refractivity contribution < 1.29 is 72.5 Å². The van der Waals surface area contributed by atoms with Crippen LogP contribution in [-0.2, 0) is 52.3 Å². The molecular formula is C54H87N3O15. The number of nitrogens with zero attached hydrogens (tertiary/aromatic N) is 1. The van der Waals surface area contributed by atoms with Gasteiger partial charge in [-0.25, -0.2) is 9.59 Å².